The predicted molar refractivity (Wildman–Crippen MR) is 103 cm³/mol. The van der Waals surface area contributed by atoms with Gasteiger partial charge in [-0.1, -0.05) is 32.0 Å². The Morgan fingerprint density at radius 1 is 1.15 bits per heavy atom. The van der Waals surface area contributed by atoms with Crippen molar-refractivity contribution in [3.05, 3.63) is 59.7 Å². The maximum Gasteiger partial charge on any atom is 0.261 e. The summed E-state index contributed by atoms with van der Waals surface area (Å²) >= 11 is 0. The first-order valence-corrected chi connectivity index (χ1v) is 10.4. The van der Waals surface area contributed by atoms with Crippen molar-refractivity contribution in [3.63, 3.8) is 0 Å². The van der Waals surface area contributed by atoms with Gasteiger partial charge >= 0.3 is 0 Å². The fraction of sp³-hybridized carbons (Fsp3) is 0.350. The summed E-state index contributed by atoms with van der Waals surface area (Å²) in [5, 5.41) is 2.90. The third kappa shape index (κ3) is 4.43. The smallest absolute Gasteiger partial charge is 0.261 e. The lowest BCUT2D eigenvalue weighted by molar-refractivity contribution is 0.0951. The number of carbonyl (C=O) groups is 1. The minimum absolute atomic E-state index is 0.175. The zero-order valence-corrected chi connectivity index (χ0v) is 15.8. The Morgan fingerprint density at radius 3 is 2.46 bits per heavy atom. The molecule has 2 aromatic carbocycles. The summed E-state index contributed by atoms with van der Waals surface area (Å²) in [6, 6.07) is 13.7. The number of benzene rings is 2. The number of sulfonamides is 1. The normalized spacial score (nSPS) is 15.3. The van der Waals surface area contributed by atoms with Gasteiger partial charge in [0.2, 0.25) is 0 Å². The highest BCUT2D eigenvalue weighted by Crippen LogP contribution is 2.23. The molecule has 1 amide bonds. The zero-order valence-electron chi connectivity index (χ0n) is 15.0. The van der Waals surface area contributed by atoms with Crippen LogP contribution in [0.3, 0.4) is 0 Å². The monoisotopic (exact) mass is 372 g/mol. The van der Waals surface area contributed by atoms with Crippen molar-refractivity contribution in [1.82, 2.24) is 5.32 Å². The SMILES string of the molecule is CCC(C)c1ccc(S(=O)(=O)Nc2cccc(C(=O)NC3CC3)c2)cc1. The summed E-state index contributed by atoms with van der Waals surface area (Å²) in [5.74, 6) is 0.216. The van der Waals surface area contributed by atoms with Crippen LogP contribution in [-0.2, 0) is 10.0 Å². The topological polar surface area (TPSA) is 75.3 Å². The minimum Gasteiger partial charge on any atom is -0.349 e. The number of rotatable bonds is 7. The molecule has 1 aliphatic rings. The van der Waals surface area contributed by atoms with Crippen molar-refractivity contribution in [1.29, 1.82) is 0 Å². The summed E-state index contributed by atoms with van der Waals surface area (Å²) in [7, 11) is -3.70. The fourth-order valence-electron chi connectivity index (χ4n) is 2.65. The van der Waals surface area contributed by atoms with E-state index in [1.54, 1.807) is 36.4 Å². The molecule has 1 aliphatic carbocycles. The number of hydrogen-bond acceptors (Lipinski definition) is 3. The van der Waals surface area contributed by atoms with E-state index >= 15 is 0 Å². The Kier molecular flexibility index (Phi) is 5.32. The molecule has 2 aromatic rings. The molecule has 2 N–H and O–H groups in total. The Balaban J connectivity index is 1.75. The molecule has 1 saturated carbocycles. The molecule has 6 heteroatoms. The van der Waals surface area contributed by atoms with Crippen LogP contribution in [-0.4, -0.2) is 20.4 Å². The Hall–Kier alpha value is -2.34. The highest BCUT2D eigenvalue weighted by Gasteiger charge is 2.24. The second kappa shape index (κ2) is 7.50. The molecule has 0 aromatic heterocycles. The van der Waals surface area contributed by atoms with E-state index in [0.717, 1.165) is 24.8 Å². The van der Waals surface area contributed by atoms with Gasteiger partial charge in [0.15, 0.2) is 0 Å². The molecular weight excluding hydrogens is 348 g/mol. The first-order chi connectivity index (χ1) is 12.4. The van der Waals surface area contributed by atoms with Gasteiger partial charge in [0.05, 0.1) is 4.90 Å². The molecule has 5 nitrogen and oxygen atoms in total. The molecule has 26 heavy (non-hydrogen) atoms. The van der Waals surface area contributed by atoms with Crippen LogP contribution in [0, 0.1) is 0 Å². The van der Waals surface area contributed by atoms with Crippen molar-refractivity contribution in [3.8, 4) is 0 Å². The lowest BCUT2D eigenvalue weighted by Crippen LogP contribution is -2.25. The number of nitrogens with one attached hydrogen (secondary N) is 2. The Bertz CT molecular complexity index is 888. The van der Waals surface area contributed by atoms with Gasteiger partial charge in [-0.3, -0.25) is 9.52 Å². The second-order valence-corrected chi connectivity index (χ2v) is 8.49. The molecular formula is C20H24N2O3S. The average Bonchev–Trinajstić information content (AvgIpc) is 3.45. The largest absolute Gasteiger partial charge is 0.349 e. The van der Waals surface area contributed by atoms with Gasteiger partial charge in [-0.15, -0.1) is 0 Å². The van der Waals surface area contributed by atoms with Crippen molar-refractivity contribution >= 4 is 21.6 Å². The van der Waals surface area contributed by atoms with E-state index in [9.17, 15) is 13.2 Å². The molecule has 1 fully saturated rings. The summed E-state index contributed by atoms with van der Waals surface area (Å²) in [6.45, 7) is 4.21. The van der Waals surface area contributed by atoms with Crippen LogP contribution in [0.5, 0.6) is 0 Å². The lowest BCUT2D eigenvalue weighted by Gasteiger charge is -2.12. The Morgan fingerprint density at radius 2 is 1.85 bits per heavy atom. The second-order valence-electron chi connectivity index (χ2n) is 6.81. The van der Waals surface area contributed by atoms with Crippen molar-refractivity contribution in [2.75, 3.05) is 4.72 Å². The van der Waals surface area contributed by atoms with Gasteiger partial charge < -0.3 is 5.32 Å². The van der Waals surface area contributed by atoms with Crippen molar-refractivity contribution in [2.24, 2.45) is 0 Å². The van der Waals surface area contributed by atoms with Crippen LogP contribution in [0.25, 0.3) is 0 Å². The molecule has 1 atom stereocenters. The quantitative estimate of drug-likeness (QED) is 0.774. The standard InChI is InChI=1S/C20H24N2O3S/c1-3-14(2)15-7-11-19(12-8-15)26(24,25)22-18-6-4-5-16(13-18)20(23)21-17-9-10-17/h4-8,11-14,17,22H,3,9-10H2,1-2H3,(H,21,23). The van der Waals surface area contributed by atoms with Gasteiger partial charge in [0, 0.05) is 17.3 Å². The van der Waals surface area contributed by atoms with E-state index in [2.05, 4.69) is 23.9 Å². The van der Waals surface area contributed by atoms with Crippen LogP contribution in [0.1, 0.15) is 54.9 Å². The first-order valence-electron chi connectivity index (χ1n) is 8.92. The third-order valence-corrected chi connectivity index (χ3v) is 6.06. The van der Waals surface area contributed by atoms with Gasteiger partial charge in [0.25, 0.3) is 15.9 Å². The van der Waals surface area contributed by atoms with Crippen LogP contribution < -0.4 is 10.0 Å². The predicted octanol–water partition coefficient (Wildman–Crippen LogP) is 3.89. The van der Waals surface area contributed by atoms with E-state index in [1.165, 1.54) is 0 Å². The lowest BCUT2D eigenvalue weighted by atomic mass is 9.99. The minimum atomic E-state index is -3.70. The van der Waals surface area contributed by atoms with Gasteiger partial charge in [0.1, 0.15) is 0 Å². The third-order valence-electron chi connectivity index (χ3n) is 4.66. The highest BCUT2D eigenvalue weighted by molar-refractivity contribution is 7.92. The molecule has 3 rings (SSSR count). The van der Waals surface area contributed by atoms with E-state index in [0.29, 0.717) is 17.2 Å². The van der Waals surface area contributed by atoms with E-state index < -0.39 is 10.0 Å². The molecule has 0 heterocycles. The molecule has 0 radical (unpaired) electrons. The van der Waals surface area contributed by atoms with Crippen molar-refractivity contribution < 1.29 is 13.2 Å². The van der Waals surface area contributed by atoms with Gasteiger partial charge in [-0.2, -0.15) is 0 Å². The summed E-state index contributed by atoms with van der Waals surface area (Å²) < 4.78 is 27.8. The maximum atomic E-state index is 12.6. The number of hydrogen-bond donors (Lipinski definition) is 2. The van der Waals surface area contributed by atoms with E-state index in [1.807, 2.05) is 12.1 Å². The summed E-state index contributed by atoms with van der Waals surface area (Å²) in [5.41, 5.74) is 1.94. The summed E-state index contributed by atoms with van der Waals surface area (Å²) in [6.07, 6.45) is 3.01. The fourth-order valence-corrected chi connectivity index (χ4v) is 3.70. The van der Waals surface area contributed by atoms with Crippen LogP contribution >= 0.6 is 0 Å². The zero-order chi connectivity index (χ0) is 18.7. The van der Waals surface area contributed by atoms with Crippen LogP contribution in [0.2, 0.25) is 0 Å². The van der Waals surface area contributed by atoms with Crippen molar-refractivity contribution in [2.45, 2.75) is 50.0 Å². The average molecular weight is 372 g/mol. The molecule has 138 valence electrons. The van der Waals surface area contributed by atoms with E-state index in [-0.39, 0.29) is 16.8 Å². The summed E-state index contributed by atoms with van der Waals surface area (Å²) in [4.78, 5) is 12.3. The van der Waals surface area contributed by atoms with E-state index in [4.69, 9.17) is 0 Å². The Labute approximate surface area is 154 Å². The van der Waals surface area contributed by atoms with Gasteiger partial charge in [-0.05, 0) is 61.1 Å². The molecule has 0 saturated heterocycles. The van der Waals surface area contributed by atoms with Crippen LogP contribution in [0.4, 0.5) is 5.69 Å². The number of carbonyl (C=O) groups excluding carboxylic acids is 1. The maximum absolute atomic E-state index is 12.6. The first kappa shape index (κ1) is 18.5. The molecule has 0 bridgehead atoms. The van der Waals surface area contributed by atoms with Gasteiger partial charge in [-0.25, -0.2) is 8.42 Å². The molecule has 0 aliphatic heterocycles. The van der Waals surface area contributed by atoms with Crippen LogP contribution in [0.15, 0.2) is 53.4 Å². The number of anilines is 1. The number of amides is 1. The molecule has 1 unspecified atom stereocenters. The highest BCUT2D eigenvalue weighted by atomic mass is 32.2. The molecule has 0 spiro atoms.